The van der Waals surface area contributed by atoms with E-state index in [9.17, 15) is 5.11 Å². The van der Waals surface area contributed by atoms with Crippen molar-refractivity contribution in [2.75, 3.05) is 13.2 Å². The first kappa shape index (κ1) is 28.4. The molecule has 0 spiro atoms. The van der Waals surface area contributed by atoms with Crippen molar-refractivity contribution in [3.05, 3.63) is 72.9 Å². The van der Waals surface area contributed by atoms with Crippen LogP contribution in [0.3, 0.4) is 0 Å². The number of aliphatic hydroxyl groups is 1. The molecule has 1 fully saturated rings. The molecular weight excluding hydrogens is 396 g/mol. The lowest BCUT2D eigenvalue weighted by molar-refractivity contribution is -0.165. The summed E-state index contributed by atoms with van der Waals surface area (Å²) >= 11 is 0. The van der Waals surface area contributed by atoms with Crippen molar-refractivity contribution < 1.29 is 14.6 Å². The number of allylic oxidation sites excluding steroid dienone is 12. The highest BCUT2D eigenvalue weighted by Gasteiger charge is 2.14. The van der Waals surface area contributed by atoms with Gasteiger partial charge in [0.25, 0.3) is 0 Å². The van der Waals surface area contributed by atoms with Crippen LogP contribution in [-0.2, 0) is 9.47 Å². The lowest BCUT2D eigenvalue weighted by Crippen LogP contribution is -2.24. The Morgan fingerprint density at radius 3 is 1.78 bits per heavy atom. The molecule has 0 aromatic rings. The highest BCUT2D eigenvalue weighted by molar-refractivity contribution is 5.01. The van der Waals surface area contributed by atoms with Crippen molar-refractivity contribution in [1.82, 2.24) is 0 Å². The number of hydrogen-bond acceptors (Lipinski definition) is 3. The van der Waals surface area contributed by atoms with Gasteiger partial charge in [0.2, 0.25) is 0 Å². The quantitative estimate of drug-likeness (QED) is 0.220. The van der Waals surface area contributed by atoms with Gasteiger partial charge in [0.1, 0.15) is 0 Å². The van der Waals surface area contributed by atoms with E-state index in [1.54, 1.807) is 0 Å². The van der Waals surface area contributed by atoms with E-state index in [4.69, 9.17) is 9.47 Å². The Balaban J connectivity index is 1.91. The fraction of sp³-hybridized carbons (Fsp3) is 0.586. The molecule has 1 heterocycles. The van der Waals surface area contributed by atoms with Crippen LogP contribution >= 0.6 is 0 Å². The number of ether oxygens (including phenoxy) is 2. The fourth-order valence-electron chi connectivity index (χ4n) is 3.25. The van der Waals surface area contributed by atoms with Gasteiger partial charge in [-0.15, -0.1) is 0 Å². The van der Waals surface area contributed by atoms with Gasteiger partial charge in [-0.05, 0) is 77.0 Å². The predicted molar refractivity (Wildman–Crippen MR) is 138 cm³/mol. The molecule has 1 N–H and O–H groups in total. The third kappa shape index (κ3) is 19.0. The zero-order chi connectivity index (χ0) is 23.0. The molecule has 1 saturated heterocycles. The molecule has 0 bridgehead atoms. The molecule has 1 rings (SSSR count). The van der Waals surface area contributed by atoms with Gasteiger partial charge in [0.15, 0.2) is 6.29 Å². The topological polar surface area (TPSA) is 38.7 Å². The molecule has 3 heteroatoms. The molecule has 1 aliphatic heterocycles. The van der Waals surface area contributed by atoms with Crippen molar-refractivity contribution in [1.29, 1.82) is 0 Å². The van der Waals surface area contributed by atoms with Gasteiger partial charge in [-0.1, -0.05) is 79.8 Å². The Morgan fingerprint density at radius 1 is 0.750 bits per heavy atom. The maximum absolute atomic E-state index is 10.0. The predicted octanol–water partition coefficient (Wildman–Crippen LogP) is 7.76. The Kier molecular flexibility index (Phi) is 19.9. The maximum atomic E-state index is 10.0. The lowest BCUT2D eigenvalue weighted by atomic mass is 10.1. The van der Waals surface area contributed by atoms with E-state index in [-0.39, 0.29) is 12.4 Å². The number of rotatable bonds is 18. The molecule has 180 valence electrons. The van der Waals surface area contributed by atoms with E-state index >= 15 is 0 Å². The van der Waals surface area contributed by atoms with Crippen LogP contribution < -0.4 is 0 Å². The summed E-state index contributed by atoms with van der Waals surface area (Å²) in [5.74, 6) is 0. The van der Waals surface area contributed by atoms with Crippen molar-refractivity contribution >= 4 is 0 Å². The minimum Gasteiger partial charge on any atom is -0.393 e. The van der Waals surface area contributed by atoms with Gasteiger partial charge in [-0.2, -0.15) is 0 Å². The van der Waals surface area contributed by atoms with E-state index in [1.807, 2.05) is 0 Å². The highest BCUT2D eigenvalue weighted by atomic mass is 16.7. The van der Waals surface area contributed by atoms with Crippen molar-refractivity contribution in [2.45, 2.75) is 96.4 Å². The molecule has 0 aromatic heterocycles. The fourth-order valence-corrected chi connectivity index (χ4v) is 3.25. The number of aliphatic hydroxyl groups excluding tert-OH is 1. The number of hydrogen-bond donors (Lipinski definition) is 1. The Hall–Kier alpha value is -1.68. The molecular formula is C29H46O3. The highest BCUT2D eigenvalue weighted by Crippen LogP contribution is 2.14. The van der Waals surface area contributed by atoms with Crippen LogP contribution in [0, 0.1) is 0 Å². The lowest BCUT2D eigenvalue weighted by Gasteiger charge is -2.23. The summed E-state index contributed by atoms with van der Waals surface area (Å²) in [6.45, 7) is 3.54. The summed E-state index contributed by atoms with van der Waals surface area (Å²) in [6.07, 6.45) is 37.9. The van der Waals surface area contributed by atoms with Crippen LogP contribution in [0.1, 0.15) is 84.0 Å². The smallest absolute Gasteiger partial charge is 0.157 e. The largest absolute Gasteiger partial charge is 0.393 e. The molecule has 2 atom stereocenters. The third-order valence-corrected chi connectivity index (χ3v) is 5.16. The zero-order valence-electron chi connectivity index (χ0n) is 20.2. The van der Waals surface area contributed by atoms with Crippen LogP contribution in [0.25, 0.3) is 0 Å². The summed E-state index contributed by atoms with van der Waals surface area (Å²) in [5.41, 5.74) is 0. The van der Waals surface area contributed by atoms with E-state index in [2.05, 4.69) is 79.8 Å². The molecule has 0 aromatic carbocycles. The minimum atomic E-state index is -0.294. The van der Waals surface area contributed by atoms with Crippen LogP contribution in [-0.4, -0.2) is 30.7 Å². The average Bonchev–Trinajstić information content (AvgIpc) is 2.81. The van der Waals surface area contributed by atoms with E-state index < -0.39 is 0 Å². The van der Waals surface area contributed by atoms with Crippen LogP contribution in [0.2, 0.25) is 0 Å². The summed E-state index contributed by atoms with van der Waals surface area (Å²) in [5, 5.41) is 10.0. The van der Waals surface area contributed by atoms with Gasteiger partial charge in [-0.25, -0.2) is 0 Å². The summed E-state index contributed by atoms with van der Waals surface area (Å²) in [6, 6.07) is 0. The molecule has 0 radical (unpaired) electrons. The van der Waals surface area contributed by atoms with E-state index in [1.165, 1.54) is 6.42 Å². The molecule has 0 amide bonds. The summed E-state index contributed by atoms with van der Waals surface area (Å²) < 4.78 is 11.2. The second kappa shape index (κ2) is 22.5. The first-order chi connectivity index (χ1) is 15.8. The Morgan fingerprint density at radius 2 is 1.28 bits per heavy atom. The molecule has 0 aliphatic carbocycles. The van der Waals surface area contributed by atoms with Crippen molar-refractivity contribution in [3.8, 4) is 0 Å². The second-order valence-corrected chi connectivity index (χ2v) is 8.10. The van der Waals surface area contributed by atoms with Gasteiger partial charge < -0.3 is 14.6 Å². The monoisotopic (exact) mass is 442 g/mol. The average molecular weight is 443 g/mol. The van der Waals surface area contributed by atoms with Gasteiger partial charge in [0.05, 0.1) is 12.7 Å². The third-order valence-electron chi connectivity index (χ3n) is 5.16. The molecule has 0 saturated carbocycles. The Labute approximate surface area is 197 Å². The van der Waals surface area contributed by atoms with Gasteiger partial charge in [0, 0.05) is 6.61 Å². The summed E-state index contributed by atoms with van der Waals surface area (Å²) in [4.78, 5) is 0. The Bertz CT molecular complexity index is 577. The van der Waals surface area contributed by atoms with Crippen LogP contribution in [0.5, 0.6) is 0 Å². The zero-order valence-corrected chi connectivity index (χ0v) is 20.2. The van der Waals surface area contributed by atoms with Crippen LogP contribution in [0.4, 0.5) is 0 Å². The first-order valence-electron chi connectivity index (χ1n) is 12.6. The summed E-state index contributed by atoms with van der Waals surface area (Å²) in [7, 11) is 0. The van der Waals surface area contributed by atoms with Crippen molar-refractivity contribution in [2.24, 2.45) is 0 Å². The standard InChI is InChI=1S/C29H46O3/c1-2-3-4-5-6-7-8-9-10-11-12-13-14-15-16-17-18-19-20-23-28(30)25-27-32-29-24-21-22-26-31-29/h3-4,6-7,9-10,12-13,15-16,18-19,28-30H,2,5,8,11,14,17,20-27H2,1H3/b4-3-,7-6-,10-9-,13-12-,16-15-,19-18-. The molecule has 32 heavy (non-hydrogen) atoms. The van der Waals surface area contributed by atoms with Crippen LogP contribution in [0.15, 0.2) is 72.9 Å². The van der Waals surface area contributed by atoms with Gasteiger partial charge in [-0.3, -0.25) is 0 Å². The molecule has 1 aliphatic rings. The SMILES string of the molecule is CC/C=C\C/C=C\C/C=C\C/C=C\C/C=C\C/C=C\CCC(O)CCOC1CCCCO1. The normalized spacial score (nSPS) is 19.1. The van der Waals surface area contributed by atoms with Gasteiger partial charge >= 0.3 is 0 Å². The maximum Gasteiger partial charge on any atom is 0.157 e. The molecule has 3 nitrogen and oxygen atoms in total. The van der Waals surface area contributed by atoms with Crippen molar-refractivity contribution in [3.63, 3.8) is 0 Å². The second-order valence-electron chi connectivity index (χ2n) is 8.10. The molecule has 2 unspecified atom stereocenters. The minimum absolute atomic E-state index is 0.0562. The van der Waals surface area contributed by atoms with E-state index in [0.29, 0.717) is 13.0 Å². The van der Waals surface area contributed by atoms with E-state index in [0.717, 1.165) is 70.8 Å². The first-order valence-corrected chi connectivity index (χ1v) is 12.6.